The minimum Gasteiger partial charge on any atom is -0.496 e. The normalized spacial score (nSPS) is 10.8. The van der Waals surface area contributed by atoms with Crippen LogP contribution in [0.4, 0.5) is 0 Å². The summed E-state index contributed by atoms with van der Waals surface area (Å²) in [6, 6.07) is 12.2. The van der Waals surface area contributed by atoms with E-state index in [0.717, 1.165) is 11.1 Å². The zero-order chi connectivity index (χ0) is 20.1. The van der Waals surface area contributed by atoms with Crippen LogP contribution >= 0.6 is 0 Å². The van der Waals surface area contributed by atoms with Crippen molar-refractivity contribution < 1.29 is 14.3 Å². The lowest BCUT2D eigenvalue weighted by Gasteiger charge is -2.07. The number of hydrazine groups is 1. The molecule has 0 aliphatic carbocycles. The van der Waals surface area contributed by atoms with Crippen LogP contribution in [0.15, 0.2) is 53.3 Å². The van der Waals surface area contributed by atoms with Crippen LogP contribution in [0.5, 0.6) is 5.75 Å². The molecule has 3 rings (SSSR count). The molecule has 0 atom stereocenters. The van der Waals surface area contributed by atoms with Crippen molar-refractivity contribution in [3.8, 4) is 5.75 Å². The van der Waals surface area contributed by atoms with E-state index in [0.29, 0.717) is 16.5 Å². The number of carbonyl (C=O) groups is 2. The lowest BCUT2D eigenvalue weighted by atomic mass is 10.1. The predicted octanol–water partition coefficient (Wildman–Crippen LogP) is 1.71. The molecule has 0 fully saturated rings. The number of carbonyl (C=O) groups excluding carboxylic acids is 2. The lowest BCUT2D eigenvalue weighted by molar-refractivity contribution is -0.117. The van der Waals surface area contributed by atoms with Gasteiger partial charge in [0.25, 0.3) is 17.4 Å². The van der Waals surface area contributed by atoms with E-state index in [-0.39, 0.29) is 5.69 Å². The predicted molar refractivity (Wildman–Crippen MR) is 105 cm³/mol. The number of aromatic nitrogens is 2. The first kappa shape index (κ1) is 18.8. The summed E-state index contributed by atoms with van der Waals surface area (Å²) in [4.78, 5) is 36.1. The average molecular weight is 378 g/mol. The van der Waals surface area contributed by atoms with Crippen molar-refractivity contribution in [3.63, 3.8) is 0 Å². The molecule has 8 heteroatoms. The third kappa shape index (κ3) is 4.07. The number of ether oxygens (including phenoxy) is 1. The molecule has 0 unspecified atom stereocenters. The number of methoxy groups -OCH3 is 1. The van der Waals surface area contributed by atoms with Gasteiger partial charge in [0.1, 0.15) is 5.75 Å². The van der Waals surface area contributed by atoms with Crippen molar-refractivity contribution in [2.24, 2.45) is 0 Å². The lowest BCUT2D eigenvalue weighted by Crippen LogP contribution is -2.41. The van der Waals surface area contributed by atoms with Crippen molar-refractivity contribution in [2.45, 2.75) is 6.92 Å². The van der Waals surface area contributed by atoms with E-state index in [1.165, 1.54) is 6.08 Å². The number of fused-ring (bicyclic) bond motifs is 1. The molecular formula is C20H18N4O4. The molecule has 0 saturated heterocycles. The molecule has 1 heterocycles. The van der Waals surface area contributed by atoms with E-state index in [1.54, 1.807) is 37.5 Å². The molecule has 2 aromatic carbocycles. The Morgan fingerprint density at radius 1 is 1.11 bits per heavy atom. The third-order valence-corrected chi connectivity index (χ3v) is 4.01. The summed E-state index contributed by atoms with van der Waals surface area (Å²) in [5.41, 5.74) is 5.92. The standard InChI is InChI=1S/C20H18N4O4/c1-12-7-9-16(28-2)13(11-12)8-10-17(25)21-24-20(27)18-14-5-3-4-6-15(14)19(26)23-22-18/h3-11H,1-2H3,(H,21,25)(H,23,26)(H,24,27)/b10-8+. The SMILES string of the molecule is COc1ccc(C)cc1/C=C/C(=O)NNC(=O)c1n[nH]c(=O)c2ccccc12. The van der Waals surface area contributed by atoms with E-state index in [1.807, 2.05) is 25.1 Å². The van der Waals surface area contributed by atoms with Crippen molar-refractivity contribution in [1.82, 2.24) is 21.0 Å². The van der Waals surface area contributed by atoms with E-state index in [4.69, 9.17) is 4.74 Å². The number of hydrogen-bond donors (Lipinski definition) is 3. The monoisotopic (exact) mass is 378 g/mol. The van der Waals surface area contributed by atoms with Crippen molar-refractivity contribution in [1.29, 1.82) is 0 Å². The number of aryl methyl sites for hydroxylation is 1. The largest absolute Gasteiger partial charge is 0.496 e. The van der Waals surface area contributed by atoms with Gasteiger partial charge < -0.3 is 4.74 Å². The van der Waals surface area contributed by atoms with Crippen molar-refractivity contribution >= 4 is 28.7 Å². The highest BCUT2D eigenvalue weighted by Gasteiger charge is 2.14. The fourth-order valence-electron chi connectivity index (χ4n) is 2.66. The molecular weight excluding hydrogens is 360 g/mol. The maximum atomic E-state index is 12.3. The molecule has 3 N–H and O–H groups in total. The molecule has 1 aromatic heterocycles. The first-order valence-corrected chi connectivity index (χ1v) is 8.40. The number of nitrogens with one attached hydrogen (secondary N) is 3. The van der Waals surface area contributed by atoms with Crippen LogP contribution in [-0.2, 0) is 4.79 Å². The first-order chi connectivity index (χ1) is 13.5. The quantitative estimate of drug-likeness (QED) is 0.473. The second-order valence-electron chi connectivity index (χ2n) is 5.97. The Bertz CT molecular complexity index is 1130. The van der Waals surface area contributed by atoms with Gasteiger partial charge >= 0.3 is 0 Å². The fourth-order valence-corrected chi connectivity index (χ4v) is 2.66. The van der Waals surface area contributed by atoms with Gasteiger partial charge in [-0.25, -0.2) is 5.10 Å². The van der Waals surface area contributed by atoms with Crippen LogP contribution in [0, 0.1) is 6.92 Å². The summed E-state index contributed by atoms with van der Waals surface area (Å²) in [7, 11) is 1.55. The Hall–Kier alpha value is -3.94. The molecule has 0 saturated carbocycles. The summed E-state index contributed by atoms with van der Waals surface area (Å²) in [6.45, 7) is 1.93. The van der Waals surface area contributed by atoms with Gasteiger partial charge in [0.05, 0.1) is 12.5 Å². The topological polar surface area (TPSA) is 113 Å². The highest BCUT2D eigenvalue weighted by molar-refractivity contribution is 6.05. The van der Waals surface area contributed by atoms with Crippen LogP contribution < -0.4 is 21.1 Å². The van der Waals surface area contributed by atoms with Gasteiger partial charge in [-0.3, -0.25) is 25.2 Å². The minimum atomic E-state index is -0.651. The Morgan fingerprint density at radius 2 is 1.86 bits per heavy atom. The second kappa shape index (κ2) is 8.17. The smallest absolute Gasteiger partial charge is 0.290 e. The van der Waals surface area contributed by atoms with Gasteiger partial charge in [-0.1, -0.05) is 29.8 Å². The molecule has 8 nitrogen and oxygen atoms in total. The van der Waals surface area contributed by atoms with Crippen LogP contribution in [0.1, 0.15) is 21.6 Å². The highest BCUT2D eigenvalue weighted by atomic mass is 16.5. The van der Waals surface area contributed by atoms with E-state index in [2.05, 4.69) is 21.0 Å². The number of hydrogen-bond acceptors (Lipinski definition) is 5. The number of H-pyrrole nitrogens is 1. The van der Waals surface area contributed by atoms with Crippen LogP contribution in [0.25, 0.3) is 16.8 Å². The number of aromatic amines is 1. The van der Waals surface area contributed by atoms with Gasteiger partial charge in [0, 0.05) is 17.0 Å². The molecule has 0 spiro atoms. The van der Waals surface area contributed by atoms with Gasteiger partial charge in [0.2, 0.25) is 0 Å². The Morgan fingerprint density at radius 3 is 2.61 bits per heavy atom. The van der Waals surface area contributed by atoms with Gasteiger partial charge in [-0.05, 0) is 31.2 Å². The van der Waals surface area contributed by atoms with Crippen molar-refractivity contribution in [2.75, 3.05) is 7.11 Å². The number of nitrogens with zero attached hydrogens (tertiary/aromatic N) is 1. The summed E-state index contributed by atoms with van der Waals surface area (Å²) < 4.78 is 5.25. The van der Waals surface area contributed by atoms with Gasteiger partial charge in [-0.15, -0.1) is 0 Å². The maximum Gasteiger partial charge on any atom is 0.290 e. The summed E-state index contributed by atoms with van der Waals surface area (Å²) in [6.07, 6.45) is 2.86. The zero-order valence-electron chi connectivity index (χ0n) is 15.3. The molecule has 0 bridgehead atoms. The molecule has 2 amide bonds. The Labute approximate surface area is 160 Å². The maximum absolute atomic E-state index is 12.3. The average Bonchev–Trinajstić information content (AvgIpc) is 2.71. The molecule has 3 aromatic rings. The molecule has 0 aliphatic heterocycles. The van der Waals surface area contributed by atoms with Crippen molar-refractivity contribution in [3.05, 3.63) is 75.7 Å². The number of benzene rings is 2. The zero-order valence-corrected chi connectivity index (χ0v) is 15.3. The fraction of sp³-hybridized carbons (Fsp3) is 0.100. The highest BCUT2D eigenvalue weighted by Crippen LogP contribution is 2.20. The Kier molecular flexibility index (Phi) is 5.50. The van der Waals surface area contributed by atoms with E-state index >= 15 is 0 Å². The van der Waals surface area contributed by atoms with Gasteiger partial charge in [-0.2, -0.15) is 5.10 Å². The minimum absolute atomic E-state index is 0.000155. The Balaban J connectivity index is 1.70. The van der Waals surface area contributed by atoms with Crippen LogP contribution in [0.3, 0.4) is 0 Å². The molecule has 142 valence electrons. The molecule has 28 heavy (non-hydrogen) atoms. The van der Waals surface area contributed by atoms with Crippen LogP contribution in [0.2, 0.25) is 0 Å². The van der Waals surface area contributed by atoms with E-state index in [9.17, 15) is 14.4 Å². The third-order valence-electron chi connectivity index (χ3n) is 4.01. The van der Waals surface area contributed by atoms with Gasteiger partial charge in [0.15, 0.2) is 5.69 Å². The number of rotatable bonds is 4. The second-order valence-corrected chi connectivity index (χ2v) is 5.97. The van der Waals surface area contributed by atoms with E-state index < -0.39 is 17.4 Å². The summed E-state index contributed by atoms with van der Waals surface area (Å²) in [5, 5.41) is 6.76. The summed E-state index contributed by atoms with van der Waals surface area (Å²) >= 11 is 0. The molecule has 0 aliphatic rings. The number of amides is 2. The molecule has 0 radical (unpaired) electrons. The first-order valence-electron chi connectivity index (χ1n) is 8.40. The van der Waals surface area contributed by atoms with Crippen LogP contribution in [-0.4, -0.2) is 29.1 Å². The summed E-state index contributed by atoms with van der Waals surface area (Å²) in [5.74, 6) is -0.560.